The third-order valence-corrected chi connectivity index (χ3v) is 2.48. The summed E-state index contributed by atoms with van der Waals surface area (Å²) in [6.07, 6.45) is 0. The highest BCUT2D eigenvalue weighted by molar-refractivity contribution is 5.30. The topological polar surface area (TPSA) is 21.3 Å². The average Bonchev–Trinajstić information content (AvgIpc) is 2.17. The number of hydrogen-bond acceptors (Lipinski definition) is 2. The van der Waals surface area contributed by atoms with E-state index in [1.54, 1.807) is 0 Å². The van der Waals surface area contributed by atoms with Crippen molar-refractivity contribution in [2.45, 2.75) is 26.8 Å². The van der Waals surface area contributed by atoms with Crippen LogP contribution >= 0.6 is 0 Å². The van der Waals surface area contributed by atoms with Crippen LogP contribution in [0.5, 0.6) is 0 Å². The Hall–Kier alpha value is -0.860. The van der Waals surface area contributed by atoms with Gasteiger partial charge in [-0.3, -0.25) is 0 Å². The van der Waals surface area contributed by atoms with E-state index < -0.39 is 0 Å². The number of ether oxygens (including phenoxy) is 1. The van der Waals surface area contributed by atoms with E-state index in [-0.39, 0.29) is 0 Å². The van der Waals surface area contributed by atoms with Gasteiger partial charge < -0.3 is 10.1 Å². The monoisotopic (exact) mass is 207 g/mol. The minimum absolute atomic E-state index is 0.295. The van der Waals surface area contributed by atoms with Gasteiger partial charge in [-0.1, -0.05) is 29.3 Å². The number of aryl methyl sites for hydroxylation is 2. The molecule has 0 aliphatic rings. The first-order valence-electron chi connectivity index (χ1n) is 5.50. The molecule has 1 aromatic carbocycles. The Morgan fingerprint density at radius 3 is 2.27 bits per heavy atom. The van der Waals surface area contributed by atoms with E-state index in [0.717, 1.165) is 13.2 Å². The van der Waals surface area contributed by atoms with E-state index >= 15 is 0 Å². The maximum Gasteiger partial charge on any atom is 0.0661 e. The average molecular weight is 207 g/mol. The Morgan fingerprint density at radius 2 is 1.80 bits per heavy atom. The summed E-state index contributed by atoms with van der Waals surface area (Å²) in [5.74, 6) is 0. The third-order valence-electron chi connectivity index (χ3n) is 2.48. The highest BCUT2D eigenvalue weighted by atomic mass is 16.5. The van der Waals surface area contributed by atoms with Crippen LogP contribution in [0.3, 0.4) is 0 Å². The van der Waals surface area contributed by atoms with E-state index in [2.05, 4.69) is 37.4 Å². The van der Waals surface area contributed by atoms with Crippen LogP contribution in [0, 0.1) is 13.8 Å². The van der Waals surface area contributed by atoms with Gasteiger partial charge in [0, 0.05) is 6.61 Å². The van der Waals surface area contributed by atoms with Crippen LogP contribution in [0.25, 0.3) is 0 Å². The zero-order chi connectivity index (χ0) is 11.3. The molecular formula is C13H21NO. The lowest BCUT2D eigenvalue weighted by molar-refractivity contribution is 0.125. The van der Waals surface area contributed by atoms with Gasteiger partial charge in [0.25, 0.3) is 0 Å². The lowest BCUT2D eigenvalue weighted by Gasteiger charge is -2.17. The molecule has 0 bridgehead atoms. The van der Waals surface area contributed by atoms with Crippen LogP contribution in [-0.2, 0) is 4.74 Å². The van der Waals surface area contributed by atoms with Crippen LogP contribution in [0.4, 0.5) is 0 Å². The van der Waals surface area contributed by atoms with Gasteiger partial charge in [0.05, 0.1) is 12.6 Å². The fourth-order valence-electron chi connectivity index (χ4n) is 1.79. The van der Waals surface area contributed by atoms with Crippen LogP contribution in [0.2, 0.25) is 0 Å². The molecule has 0 amide bonds. The molecule has 0 radical (unpaired) electrons. The Kier molecular flexibility index (Phi) is 4.79. The van der Waals surface area contributed by atoms with E-state index in [4.69, 9.17) is 4.74 Å². The summed E-state index contributed by atoms with van der Waals surface area (Å²) in [6, 6.07) is 6.92. The van der Waals surface area contributed by atoms with Crippen molar-refractivity contribution in [3.05, 3.63) is 34.9 Å². The highest BCUT2D eigenvalue weighted by Crippen LogP contribution is 2.17. The largest absolute Gasteiger partial charge is 0.380 e. The number of benzene rings is 1. The molecule has 1 atom stereocenters. The van der Waals surface area contributed by atoms with Crippen molar-refractivity contribution < 1.29 is 4.74 Å². The van der Waals surface area contributed by atoms with Crippen LogP contribution in [-0.4, -0.2) is 20.3 Å². The molecule has 0 saturated carbocycles. The smallest absolute Gasteiger partial charge is 0.0661 e. The number of rotatable bonds is 5. The van der Waals surface area contributed by atoms with Gasteiger partial charge in [0.15, 0.2) is 0 Å². The summed E-state index contributed by atoms with van der Waals surface area (Å²) < 4.78 is 5.46. The van der Waals surface area contributed by atoms with Crippen molar-refractivity contribution in [3.8, 4) is 0 Å². The molecule has 1 unspecified atom stereocenters. The summed E-state index contributed by atoms with van der Waals surface area (Å²) in [6.45, 7) is 7.78. The van der Waals surface area contributed by atoms with Crippen molar-refractivity contribution >= 4 is 0 Å². The van der Waals surface area contributed by atoms with Gasteiger partial charge in [0.1, 0.15) is 0 Å². The summed E-state index contributed by atoms with van der Waals surface area (Å²) in [4.78, 5) is 0. The minimum Gasteiger partial charge on any atom is -0.380 e. The number of nitrogens with one attached hydrogen (secondary N) is 1. The molecule has 84 valence electrons. The summed E-state index contributed by atoms with van der Waals surface area (Å²) in [5.41, 5.74) is 3.92. The second-order valence-corrected chi connectivity index (χ2v) is 3.92. The number of hydrogen-bond donors (Lipinski definition) is 1. The van der Waals surface area contributed by atoms with E-state index in [1.165, 1.54) is 16.7 Å². The van der Waals surface area contributed by atoms with Gasteiger partial charge in [0.2, 0.25) is 0 Å². The molecule has 1 N–H and O–H groups in total. The fourth-order valence-corrected chi connectivity index (χ4v) is 1.79. The number of likely N-dealkylation sites (N-methyl/N-ethyl adjacent to an activating group) is 1. The summed E-state index contributed by atoms with van der Waals surface area (Å²) in [5, 5.41) is 3.28. The fraction of sp³-hybridized carbons (Fsp3) is 0.538. The van der Waals surface area contributed by atoms with Crippen molar-refractivity contribution in [2.75, 3.05) is 20.3 Å². The maximum absolute atomic E-state index is 5.46. The second-order valence-electron chi connectivity index (χ2n) is 3.92. The van der Waals surface area contributed by atoms with Crippen molar-refractivity contribution in [2.24, 2.45) is 0 Å². The predicted molar refractivity (Wildman–Crippen MR) is 64.2 cm³/mol. The lowest BCUT2D eigenvalue weighted by Crippen LogP contribution is -2.22. The Bertz CT molecular complexity index is 289. The molecule has 1 aromatic rings. The zero-order valence-corrected chi connectivity index (χ0v) is 10.1. The Labute approximate surface area is 92.6 Å². The van der Waals surface area contributed by atoms with Crippen LogP contribution in [0.15, 0.2) is 18.2 Å². The molecule has 15 heavy (non-hydrogen) atoms. The Balaban J connectivity index is 2.81. The van der Waals surface area contributed by atoms with Crippen LogP contribution < -0.4 is 5.32 Å². The van der Waals surface area contributed by atoms with Crippen molar-refractivity contribution in [1.82, 2.24) is 5.32 Å². The zero-order valence-electron chi connectivity index (χ0n) is 10.1. The molecule has 2 nitrogen and oxygen atoms in total. The van der Waals surface area contributed by atoms with Gasteiger partial charge in [-0.2, -0.15) is 0 Å². The summed E-state index contributed by atoms with van der Waals surface area (Å²) in [7, 11) is 1.97. The summed E-state index contributed by atoms with van der Waals surface area (Å²) >= 11 is 0. The van der Waals surface area contributed by atoms with E-state index in [1.807, 2.05) is 14.0 Å². The van der Waals surface area contributed by atoms with Crippen LogP contribution in [0.1, 0.15) is 29.7 Å². The van der Waals surface area contributed by atoms with Crippen molar-refractivity contribution in [3.63, 3.8) is 0 Å². The lowest BCUT2D eigenvalue weighted by atomic mass is 10.0. The predicted octanol–water partition coefficient (Wildman–Crippen LogP) is 2.60. The minimum atomic E-state index is 0.295. The van der Waals surface area contributed by atoms with E-state index in [9.17, 15) is 0 Å². The SMILES string of the molecule is CCOCC(NC)c1cc(C)cc(C)c1. The molecule has 0 heterocycles. The maximum atomic E-state index is 5.46. The van der Waals surface area contributed by atoms with E-state index in [0.29, 0.717) is 6.04 Å². The van der Waals surface area contributed by atoms with Crippen molar-refractivity contribution in [1.29, 1.82) is 0 Å². The first kappa shape index (κ1) is 12.2. The molecule has 0 spiro atoms. The molecule has 0 aliphatic carbocycles. The van der Waals surface area contributed by atoms with Gasteiger partial charge in [-0.25, -0.2) is 0 Å². The van der Waals surface area contributed by atoms with Gasteiger partial charge in [-0.05, 0) is 33.4 Å². The molecule has 1 rings (SSSR count). The first-order chi connectivity index (χ1) is 7.17. The first-order valence-corrected chi connectivity index (χ1v) is 5.50. The second kappa shape index (κ2) is 5.89. The highest BCUT2D eigenvalue weighted by Gasteiger charge is 2.09. The van der Waals surface area contributed by atoms with Gasteiger partial charge >= 0.3 is 0 Å². The molecule has 0 aromatic heterocycles. The molecule has 0 saturated heterocycles. The normalized spacial score (nSPS) is 12.8. The molecular weight excluding hydrogens is 186 g/mol. The Morgan fingerprint density at radius 1 is 1.20 bits per heavy atom. The standard InChI is InChI=1S/C13H21NO/c1-5-15-9-13(14-4)12-7-10(2)6-11(3)8-12/h6-8,13-14H,5,9H2,1-4H3. The third kappa shape index (κ3) is 3.65. The quantitative estimate of drug-likeness (QED) is 0.801. The molecule has 2 heteroatoms. The molecule has 0 fully saturated rings. The molecule has 0 aliphatic heterocycles. The van der Waals surface area contributed by atoms with Gasteiger partial charge in [-0.15, -0.1) is 0 Å².